The Morgan fingerprint density at radius 1 is 1.16 bits per heavy atom. The van der Waals surface area contributed by atoms with Gasteiger partial charge in [-0.05, 0) is 19.1 Å². The largest absolute Gasteiger partial charge is 0.418 e. The van der Waals surface area contributed by atoms with E-state index in [-0.39, 0.29) is 35.6 Å². The number of carbonyl (C=O) groups excluding carboxylic acids is 2. The topological polar surface area (TPSA) is 119 Å². The molecule has 0 aromatic carbocycles. The molecular weight excluding hydrogens is 520 g/mol. The molecule has 0 spiro atoms. The number of fused-ring (bicyclic) bond motifs is 1. The zero-order valence-electron chi connectivity index (χ0n) is 19.8. The van der Waals surface area contributed by atoms with Gasteiger partial charge in [0.15, 0.2) is 5.82 Å². The van der Waals surface area contributed by atoms with Crippen molar-refractivity contribution in [1.29, 1.82) is 0 Å². The molecule has 2 atom stereocenters. The molecule has 3 N–H and O–H groups in total. The van der Waals surface area contributed by atoms with E-state index >= 15 is 0 Å². The van der Waals surface area contributed by atoms with Gasteiger partial charge < -0.3 is 16.0 Å². The van der Waals surface area contributed by atoms with Crippen molar-refractivity contribution in [3.05, 3.63) is 41.5 Å². The Balaban J connectivity index is 1.39. The molecule has 1 aliphatic carbocycles. The quantitative estimate of drug-likeness (QED) is 0.491. The van der Waals surface area contributed by atoms with Crippen LogP contribution in [-0.2, 0) is 11.0 Å². The van der Waals surface area contributed by atoms with Crippen molar-refractivity contribution in [1.82, 2.24) is 29.8 Å². The molecular formula is C23H21F6N7O2. The fourth-order valence-corrected chi connectivity index (χ4v) is 4.81. The predicted molar refractivity (Wildman–Crippen MR) is 121 cm³/mol. The number of amides is 2. The normalized spacial score (nSPS) is 21.5. The number of anilines is 1. The molecule has 38 heavy (non-hydrogen) atoms. The Morgan fingerprint density at radius 2 is 1.87 bits per heavy atom. The third-order valence-corrected chi connectivity index (χ3v) is 6.83. The Hall–Kier alpha value is -3.91. The summed E-state index contributed by atoms with van der Waals surface area (Å²) in [6.45, 7) is 0.944. The highest BCUT2D eigenvalue weighted by molar-refractivity contribution is 5.97. The third kappa shape index (κ3) is 4.49. The lowest BCUT2D eigenvalue weighted by Gasteiger charge is -2.36. The smallest absolute Gasteiger partial charge is 0.382 e. The molecule has 3 aromatic heterocycles. The highest BCUT2D eigenvalue weighted by atomic mass is 19.4. The molecule has 202 valence electrons. The first-order valence-electron chi connectivity index (χ1n) is 11.5. The van der Waals surface area contributed by atoms with Gasteiger partial charge in [0.05, 0.1) is 35.1 Å². The van der Waals surface area contributed by atoms with Crippen LogP contribution >= 0.6 is 0 Å². The summed E-state index contributed by atoms with van der Waals surface area (Å²) in [6, 6.07) is 1.00. The average molecular weight is 541 g/mol. The molecule has 4 heterocycles. The number of aryl methyl sites for hydroxylation is 1. The van der Waals surface area contributed by atoms with Gasteiger partial charge in [-0.15, -0.1) is 0 Å². The maximum atomic E-state index is 14.7. The number of pyridine rings is 1. The number of likely N-dealkylation sites (tertiary alicyclic amines) is 1. The number of hydrogen-bond donors (Lipinski definition) is 2. The lowest BCUT2D eigenvalue weighted by molar-refractivity contribution is -0.159. The maximum Gasteiger partial charge on any atom is 0.418 e. The van der Waals surface area contributed by atoms with E-state index in [0.717, 1.165) is 21.8 Å². The molecule has 0 unspecified atom stereocenters. The molecule has 3 aromatic rings. The summed E-state index contributed by atoms with van der Waals surface area (Å²) in [5.41, 5.74) is 4.38. The molecule has 2 amide bonds. The predicted octanol–water partition coefficient (Wildman–Crippen LogP) is 3.02. The van der Waals surface area contributed by atoms with Gasteiger partial charge >= 0.3 is 6.18 Å². The van der Waals surface area contributed by atoms with Gasteiger partial charge in [-0.2, -0.15) is 18.3 Å². The van der Waals surface area contributed by atoms with Crippen molar-refractivity contribution in [3.63, 3.8) is 0 Å². The molecule has 1 aliphatic heterocycles. The van der Waals surface area contributed by atoms with E-state index in [2.05, 4.69) is 20.4 Å². The Bertz CT molecular complexity index is 1430. The fourth-order valence-electron chi connectivity index (χ4n) is 4.81. The van der Waals surface area contributed by atoms with Crippen LogP contribution in [0, 0.1) is 12.8 Å². The van der Waals surface area contributed by atoms with Gasteiger partial charge in [-0.25, -0.2) is 22.7 Å². The van der Waals surface area contributed by atoms with Crippen LogP contribution in [0.1, 0.15) is 34.5 Å². The maximum absolute atomic E-state index is 14.7. The zero-order valence-corrected chi connectivity index (χ0v) is 19.8. The van der Waals surface area contributed by atoms with E-state index in [1.165, 1.54) is 19.2 Å². The number of nitrogens with two attached hydrogens (primary N) is 1. The summed E-state index contributed by atoms with van der Waals surface area (Å²) in [5, 5.41) is 6.35. The van der Waals surface area contributed by atoms with Gasteiger partial charge in [-0.3, -0.25) is 14.6 Å². The van der Waals surface area contributed by atoms with Gasteiger partial charge in [0.2, 0.25) is 11.8 Å². The number of alkyl halides is 6. The van der Waals surface area contributed by atoms with E-state index in [9.17, 15) is 35.9 Å². The second-order valence-electron chi connectivity index (χ2n) is 9.50. The van der Waals surface area contributed by atoms with Crippen LogP contribution in [0.2, 0.25) is 0 Å². The SMILES string of the molecule is Cc1ncc(-c2cc(C(F)(F)F)c3c(N)ncnn23)cc1C(=O)N[C@@H]1CN(C(=O)C2CC(F)(F)C2)C[C@@H]1F. The van der Waals surface area contributed by atoms with E-state index < -0.39 is 71.8 Å². The van der Waals surface area contributed by atoms with Gasteiger partial charge in [-0.1, -0.05) is 0 Å². The number of rotatable bonds is 4. The number of nitrogens with zero attached hydrogens (tertiary/aromatic N) is 5. The number of carbonyl (C=O) groups is 2. The van der Waals surface area contributed by atoms with Crippen LogP contribution < -0.4 is 11.1 Å². The van der Waals surface area contributed by atoms with Gasteiger partial charge in [0, 0.05) is 37.1 Å². The lowest BCUT2D eigenvalue weighted by atomic mass is 9.80. The lowest BCUT2D eigenvalue weighted by Crippen LogP contribution is -2.47. The summed E-state index contributed by atoms with van der Waals surface area (Å²) >= 11 is 0. The monoisotopic (exact) mass is 541 g/mol. The molecule has 0 bridgehead atoms. The second kappa shape index (κ2) is 8.84. The van der Waals surface area contributed by atoms with E-state index in [0.29, 0.717) is 0 Å². The first-order chi connectivity index (χ1) is 17.7. The van der Waals surface area contributed by atoms with Crippen molar-refractivity contribution >= 4 is 23.1 Å². The van der Waals surface area contributed by atoms with Crippen LogP contribution in [0.4, 0.5) is 32.2 Å². The van der Waals surface area contributed by atoms with E-state index in [1.54, 1.807) is 0 Å². The second-order valence-corrected chi connectivity index (χ2v) is 9.50. The van der Waals surface area contributed by atoms with Crippen molar-refractivity contribution < 1.29 is 35.9 Å². The van der Waals surface area contributed by atoms with Gasteiger partial charge in [0.1, 0.15) is 18.0 Å². The van der Waals surface area contributed by atoms with Crippen molar-refractivity contribution in [2.45, 2.75) is 44.1 Å². The highest BCUT2D eigenvalue weighted by Gasteiger charge is 2.51. The minimum atomic E-state index is -4.77. The number of nitrogens with one attached hydrogen (secondary N) is 1. The van der Waals surface area contributed by atoms with Crippen LogP contribution in [0.5, 0.6) is 0 Å². The van der Waals surface area contributed by atoms with Crippen molar-refractivity contribution in [2.75, 3.05) is 18.8 Å². The summed E-state index contributed by atoms with van der Waals surface area (Å²) in [5.74, 6) is -5.53. The molecule has 0 radical (unpaired) electrons. The summed E-state index contributed by atoms with van der Waals surface area (Å²) in [7, 11) is 0. The van der Waals surface area contributed by atoms with Crippen LogP contribution in [0.3, 0.4) is 0 Å². The number of hydrogen-bond acceptors (Lipinski definition) is 6. The van der Waals surface area contributed by atoms with E-state index in [4.69, 9.17) is 5.73 Å². The first-order valence-corrected chi connectivity index (χ1v) is 11.5. The van der Waals surface area contributed by atoms with Crippen molar-refractivity contribution in [3.8, 4) is 11.3 Å². The molecule has 5 rings (SSSR count). The number of halogens is 6. The number of aromatic nitrogens is 4. The summed E-state index contributed by atoms with van der Waals surface area (Å²) in [4.78, 5) is 34.3. The summed E-state index contributed by atoms with van der Waals surface area (Å²) in [6.07, 6.45) is -5.33. The average Bonchev–Trinajstić information content (AvgIpc) is 3.39. The highest BCUT2D eigenvalue weighted by Crippen LogP contribution is 2.43. The minimum absolute atomic E-state index is 0.0383. The van der Waals surface area contributed by atoms with Crippen LogP contribution in [0.15, 0.2) is 24.7 Å². The van der Waals surface area contributed by atoms with Crippen LogP contribution in [0.25, 0.3) is 16.8 Å². The molecule has 15 heteroatoms. The number of nitrogen functional groups attached to an aromatic ring is 1. The molecule has 1 saturated heterocycles. The molecule has 2 aliphatic rings. The Kier molecular flexibility index (Phi) is 5.98. The minimum Gasteiger partial charge on any atom is -0.382 e. The molecule has 2 fully saturated rings. The third-order valence-electron chi connectivity index (χ3n) is 6.83. The molecule has 1 saturated carbocycles. The first kappa shape index (κ1) is 25.7. The Morgan fingerprint density at radius 3 is 2.53 bits per heavy atom. The van der Waals surface area contributed by atoms with Crippen LogP contribution in [-0.4, -0.2) is 67.5 Å². The van der Waals surface area contributed by atoms with E-state index in [1.807, 2.05) is 0 Å². The van der Waals surface area contributed by atoms with Crippen molar-refractivity contribution in [2.24, 2.45) is 5.92 Å². The Labute approximate surface area is 211 Å². The molecule has 9 nitrogen and oxygen atoms in total. The standard InChI is InChI=1S/C23H21F6N7O2/c1-10-13(20(37)34-16-8-35(7-15(16)24)21(38)12-4-22(25,26)5-12)2-11(6-31-10)17-3-14(23(27,28)29)18-19(30)32-9-33-36(17)18/h2-3,6,9,12,15-16H,4-5,7-8H2,1H3,(H,34,37)(H2,30,32,33)/t15-,16+/m0/s1. The zero-order chi connectivity index (χ0) is 27.6. The summed E-state index contributed by atoms with van der Waals surface area (Å²) < 4.78 is 82.9. The fraction of sp³-hybridized carbons (Fsp3) is 0.435. The van der Waals surface area contributed by atoms with Gasteiger partial charge in [0.25, 0.3) is 5.91 Å².